The highest BCUT2D eigenvalue weighted by atomic mass is 16.2. The fraction of sp³-hybridized carbons (Fsp3) is 0.222. The third-order valence-electron chi connectivity index (χ3n) is 7.11. The second-order valence-corrected chi connectivity index (χ2v) is 9.06. The van der Waals surface area contributed by atoms with E-state index in [2.05, 4.69) is 9.88 Å². The Kier molecular flexibility index (Phi) is 4.65. The molecule has 1 N–H and O–H groups in total. The molecule has 4 heterocycles. The number of carbonyl (C=O) groups is 3. The number of hydrogen-bond acceptors (Lipinski definition) is 3. The number of aromatic nitrogens is 2. The number of fused-ring (bicyclic) bond motifs is 4. The van der Waals surface area contributed by atoms with E-state index in [1.165, 1.54) is 11.0 Å². The zero-order valence-electron chi connectivity index (χ0n) is 18.8. The van der Waals surface area contributed by atoms with Gasteiger partial charge in [-0.15, -0.1) is 0 Å². The van der Waals surface area contributed by atoms with Gasteiger partial charge in [-0.2, -0.15) is 0 Å². The summed E-state index contributed by atoms with van der Waals surface area (Å²) in [7, 11) is 1.94. The number of hydrogen-bond donors (Lipinski definition) is 1. The van der Waals surface area contributed by atoms with E-state index in [1.54, 1.807) is 0 Å². The van der Waals surface area contributed by atoms with Crippen LogP contribution in [0.5, 0.6) is 0 Å². The van der Waals surface area contributed by atoms with E-state index in [0.717, 1.165) is 52.4 Å². The lowest BCUT2D eigenvalue weighted by Gasteiger charge is -2.27. The van der Waals surface area contributed by atoms with Crippen LogP contribution in [0.2, 0.25) is 0 Å². The standard InChI is InChI=1S/C27H24N4O3/c1-29-15-21(18-6-2-4-8-22(18)29)20-13-25(33)31(27(20)34)26-19-7-3-5-9-23(19)30-11-10-17(12-24(26)30)14-28-16-32/h2-9,13,15-17H,10-12,14H2,1H3,(H,28,32). The van der Waals surface area contributed by atoms with Crippen molar-refractivity contribution in [2.45, 2.75) is 19.4 Å². The van der Waals surface area contributed by atoms with Crippen molar-refractivity contribution in [3.8, 4) is 0 Å². The summed E-state index contributed by atoms with van der Waals surface area (Å²) >= 11 is 0. The van der Waals surface area contributed by atoms with Crippen molar-refractivity contribution in [2.75, 3.05) is 11.4 Å². The Labute approximate surface area is 196 Å². The summed E-state index contributed by atoms with van der Waals surface area (Å²) < 4.78 is 4.20. The van der Waals surface area contributed by atoms with Gasteiger partial charge in [-0.1, -0.05) is 36.4 Å². The van der Waals surface area contributed by atoms with E-state index in [4.69, 9.17) is 0 Å². The Bertz CT molecular complexity index is 1520. The third-order valence-corrected chi connectivity index (χ3v) is 7.11. The molecule has 1 atom stereocenters. The Hall–Kier alpha value is -4.13. The summed E-state index contributed by atoms with van der Waals surface area (Å²) in [6.07, 6.45) is 5.72. The number of aryl methyl sites for hydroxylation is 2. The van der Waals surface area contributed by atoms with Crippen LogP contribution in [-0.4, -0.2) is 33.9 Å². The van der Waals surface area contributed by atoms with Gasteiger partial charge in [-0.3, -0.25) is 14.4 Å². The minimum absolute atomic E-state index is 0.249. The lowest BCUT2D eigenvalue weighted by molar-refractivity contribution is -0.119. The summed E-state index contributed by atoms with van der Waals surface area (Å²) in [5.41, 5.74) is 4.86. The Balaban J connectivity index is 1.47. The third kappa shape index (κ3) is 2.93. The first kappa shape index (κ1) is 20.5. The van der Waals surface area contributed by atoms with Gasteiger partial charge in [0.1, 0.15) is 0 Å². The molecule has 0 aliphatic carbocycles. The van der Waals surface area contributed by atoms with Gasteiger partial charge < -0.3 is 14.5 Å². The zero-order valence-corrected chi connectivity index (χ0v) is 18.8. The molecule has 0 radical (unpaired) electrons. The first-order chi connectivity index (χ1) is 16.6. The Morgan fingerprint density at radius 2 is 1.76 bits per heavy atom. The molecule has 0 fully saturated rings. The van der Waals surface area contributed by atoms with Crippen LogP contribution < -0.4 is 10.2 Å². The van der Waals surface area contributed by atoms with Crippen molar-refractivity contribution >= 4 is 51.3 Å². The van der Waals surface area contributed by atoms with E-state index in [9.17, 15) is 14.4 Å². The van der Waals surface area contributed by atoms with Crippen LogP contribution in [-0.2, 0) is 34.4 Å². The van der Waals surface area contributed by atoms with Crippen molar-refractivity contribution in [3.63, 3.8) is 0 Å². The van der Waals surface area contributed by atoms with E-state index >= 15 is 0 Å². The predicted octanol–water partition coefficient (Wildman–Crippen LogP) is 3.40. The smallest absolute Gasteiger partial charge is 0.266 e. The summed E-state index contributed by atoms with van der Waals surface area (Å²) in [4.78, 5) is 39.3. The second-order valence-electron chi connectivity index (χ2n) is 9.06. The zero-order chi connectivity index (χ0) is 23.4. The molecule has 170 valence electrons. The van der Waals surface area contributed by atoms with Gasteiger partial charge in [0.15, 0.2) is 0 Å². The number of nitrogens with one attached hydrogen (secondary N) is 1. The molecule has 1 unspecified atom stereocenters. The molecule has 0 saturated carbocycles. The fourth-order valence-corrected chi connectivity index (χ4v) is 5.56. The van der Waals surface area contributed by atoms with Crippen LogP contribution in [0.15, 0.2) is 60.8 Å². The number of rotatable bonds is 5. The van der Waals surface area contributed by atoms with Crippen LogP contribution in [0, 0.1) is 5.92 Å². The van der Waals surface area contributed by atoms with Gasteiger partial charge in [0.25, 0.3) is 11.8 Å². The number of para-hydroxylation sites is 2. The Morgan fingerprint density at radius 1 is 1.03 bits per heavy atom. The fourth-order valence-electron chi connectivity index (χ4n) is 5.56. The summed E-state index contributed by atoms with van der Waals surface area (Å²) in [6, 6.07) is 15.8. The molecule has 3 amide bonds. The molecular formula is C27H24N4O3. The van der Waals surface area contributed by atoms with Crippen molar-refractivity contribution in [3.05, 3.63) is 72.1 Å². The van der Waals surface area contributed by atoms with Crippen molar-refractivity contribution in [1.82, 2.24) is 14.5 Å². The number of amides is 3. The minimum Gasteiger partial charge on any atom is -0.358 e. The van der Waals surface area contributed by atoms with E-state index in [0.29, 0.717) is 24.2 Å². The molecule has 7 nitrogen and oxygen atoms in total. The number of benzene rings is 2. The number of imide groups is 1. The van der Waals surface area contributed by atoms with Gasteiger partial charge in [-0.05, 0) is 30.9 Å². The molecule has 2 aliphatic heterocycles. The van der Waals surface area contributed by atoms with Crippen molar-refractivity contribution < 1.29 is 14.4 Å². The van der Waals surface area contributed by atoms with Crippen LogP contribution in [0.3, 0.4) is 0 Å². The molecule has 0 saturated heterocycles. The predicted molar refractivity (Wildman–Crippen MR) is 131 cm³/mol. The van der Waals surface area contributed by atoms with Crippen LogP contribution in [0.1, 0.15) is 17.7 Å². The average Bonchev–Trinajstić information content (AvgIpc) is 3.46. The molecule has 2 aromatic carbocycles. The summed E-state index contributed by atoms with van der Waals surface area (Å²) in [5.74, 6) is -0.368. The molecule has 34 heavy (non-hydrogen) atoms. The number of anilines is 1. The van der Waals surface area contributed by atoms with E-state index < -0.39 is 0 Å². The van der Waals surface area contributed by atoms with E-state index in [1.807, 2.05) is 66.3 Å². The topological polar surface area (TPSA) is 76.3 Å². The highest BCUT2D eigenvalue weighted by Crippen LogP contribution is 2.42. The highest BCUT2D eigenvalue weighted by Gasteiger charge is 2.39. The molecule has 4 aromatic rings. The van der Waals surface area contributed by atoms with Crippen molar-refractivity contribution in [2.24, 2.45) is 13.0 Å². The normalized spacial score (nSPS) is 18.0. The molecule has 0 bridgehead atoms. The molecule has 0 spiro atoms. The van der Waals surface area contributed by atoms with Gasteiger partial charge in [0, 0.05) is 60.0 Å². The highest BCUT2D eigenvalue weighted by molar-refractivity contribution is 6.45. The van der Waals surface area contributed by atoms with Crippen LogP contribution >= 0.6 is 0 Å². The average molecular weight is 453 g/mol. The quantitative estimate of drug-likeness (QED) is 0.373. The SMILES string of the molecule is Cn1cc(C2=CC(=O)N(c3c4n(c5ccccc35)CCC(CNC=O)C4)C2=O)c2ccccc21. The Morgan fingerprint density at radius 3 is 2.56 bits per heavy atom. The van der Waals surface area contributed by atoms with Gasteiger partial charge >= 0.3 is 0 Å². The largest absolute Gasteiger partial charge is 0.358 e. The molecule has 2 aromatic heterocycles. The first-order valence-electron chi connectivity index (χ1n) is 11.5. The molecule has 7 heteroatoms. The van der Waals surface area contributed by atoms with Gasteiger partial charge in [0.2, 0.25) is 6.41 Å². The number of carbonyl (C=O) groups excluding carboxylic acids is 3. The lowest BCUT2D eigenvalue weighted by Crippen LogP contribution is -2.33. The maximum atomic E-state index is 13.8. The molecule has 6 rings (SSSR count). The maximum Gasteiger partial charge on any atom is 0.266 e. The van der Waals surface area contributed by atoms with Crippen LogP contribution in [0.4, 0.5) is 5.69 Å². The molecular weight excluding hydrogens is 428 g/mol. The monoisotopic (exact) mass is 452 g/mol. The molecule has 2 aliphatic rings. The van der Waals surface area contributed by atoms with Crippen molar-refractivity contribution in [1.29, 1.82) is 0 Å². The van der Waals surface area contributed by atoms with E-state index in [-0.39, 0.29) is 17.7 Å². The van der Waals surface area contributed by atoms with Gasteiger partial charge in [0.05, 0.1) is 16.8 Å². The lowest BCUT2D eigenvalue weighted by atomic mass is 9.95. The maximum absolute atomic E-state index is 13.8. The van der Waals surface area contributed by atoms with Gasteiger partial charge in [-0.25, -0.2) is 4.90 Å². The summed E-state index contributed by atoms with van der Waals surface area (Å²) in [6.45, 7) is 1.35. The second kappa shape index (κ2) is 7.73. The summed E-state index contributed by atoms with van der Waals surface area (Å²) in [5, 5.41) is 4.63. The minimum atomic E-state index is -0.319. The van der Waals surface area contributed by atoms with Crippen LogP contribution in [0.25, 0.3) is 27.4 Å². The first-order valence-corrected chi connectivity index (χ1v) is 11.5. The number of nitrogens with zero attached hydrogens (tertiary/aromatic N) is 3.